The molecule has 8 heteroatoms. The Labute approximate surface area is 161 Å². The van der Waals surface area contributed by atoms with E-state index in [2.05, 4.69) is 5.32 Å². The molecule has 2 aromatic carbocycles. The summed E-state index contributed by atoms with van der Waals surface area (Å²) in [6, 6.07) is 12.0. The first kappa shape index (κ1) is 20.6. The fourth-order valence-electron chi connectivity index (χ4n) is 2.20. The number of nitrogens with one attached hydrogen (secondary N) is 1. The van der Waals surface area contributed by atoms with Crippen LogP contribution in [0.1, 0.15) is 18.1 Å². The SMILES string of the molecule is COc1ccc(/C=C/C(=O)NC(C)C(=O)OCc2ccc([N+](=O)[O-])cc2)cc1. The van der Waals surface area contributed by atoms with Crippen LogP contribution < -0.4 is 10.1 Å². The number of rotatable bonds is 8. The Hall–Kier alpha value is -3.68. The molecule has 0 aliphatic heterocycles. The van der Waals surface area contributed by atoms with E-state index in [9.17, 15) is 19.7 Å². The van der Waals surface area contributed by atoms with E-state index in [1.54, 1.807) is 37.5 Å². The molecule has 0 aliphatic rings. The number of non-ortho nitro benzene ring substituents is 1. The first-order chi connectivity index (χ1) is 13.4. The first-order valence-electron chi connectivity index (χ1n) is 8.41. The van der Waals surface area contributed by atoms with Crippen LogP contribution in [0.2, 0.25) is 0 Å². The highest BCUT2D eigenvalue weighted by Crippen LogP contribution is 2.13. The van der Waals surface area contributed by atoms with Gasteiger partial charge in [-0.3, -0.25) is 14.9 Å². The van der Waals surface area contributed by atoms with Crippen molar-refractivity contribution in [3.05, 3.63) is 75.8 Å². The second-order valence-electron chi connectivity index (χ2n) is 5.87. The molecular formula is C20H20N2O6. The molecule has 2 aromatic rings. The summed E-state index contributed by atoms with van der Waals surface area (Å²) < 4.78 is 10.2. The normalized spacial score (nSPS) is 11.6. The fraction of sp³-hybridized carbons (Fsp3) is 0.200. The number of esters is 1. The van der Waals surface area contributed by atoms with Crippen molar-refractivity contribution >= 4 is 23.6 Å². The van der Waals surface area contributed by atoms with Gasteiger partial charge in [-0.15, -0.1) is 0 Å². The van der Waals surface area contributed by atoms with Gasteiger partial charge in [0.25, 0.3) is 5.69 Å². The lowest BCUT2D eigenvalue weighted by Gasteiger charge is -2.12. The summed E-state index contributed by atoms with van der Waals surface area (Å²) in [6.45, 7) is 1.47. The predicted octanol–water partition coefficient (Wildman–Crippen LogP) is 2.86. The zero-order valence-corrected chi connectivity index (χ0v) is 15.5. The number of amides is 1. The summed E-state index contributed by atoms with van der Waals surface area (Å²) in [5.41, 5.74) is 1.38. The van der Waals surface area contributed by atoms with Gasteiger partial charge in [0.1, 0.15) is 18.4 Å². The van der Waals surface area contributed by atoms with Crippen LogP contribution in [-0.4, -0.2) is 30.0 Å². The maximum absolute atomic E-state index is 12.0. The highest BCUT2D eigenvalue weighted by atomic mass is 16.6. The van der Waals surface area contributed by atoms with Crippen LogP contribution in [0.25, 0.3) is 6.08 Å². The molecule has 1 N–H and O–H groups in total. The van der Waals surface area contributed by atoms with Gasteiger partial charge in [-0.05, 0) is 48.4 Å². The molecular weight excluding hydrogens is 364 g/mol. The minimum atomic E-state index is -0.842. The molecule has 0 spiro atoms. The van der Waals surface area contributed by atoms with Crippen LogP contribution in [0.5, 0.6) is 5.75 Å². The van der Waals surface area contributed by atoms with Gasteiger partial charge < -0.3 is 14.8 Å². The number of benzene rings is 2. The lowest BCUT2D eigenvalue weighted by atomic mass is 10.2. The van der Waals surface area contributed by atoms with Gasteiger partial charge in [-0.25, -0.2) is 4.79 Å². The second-order valence-corrected chi connectivity index (χ2v) is 5.87. The lowest BCUT2D eigenvalue weighted by Crippen LogP contribution is -2.38. The third-order valence-electron chi connectivity index (χ3n) is 3.78. The molecule has 0 aliphatic carbocycles. The quantitative estimate of drug-likeness (QED) is 0.324. The minimum absolute atomic E-state index is 0.0423. The molecule has 146 valence electrons. The summed E-state index contributed by atoms with van der Waals surface area (Å²) in [4.78, 5) is 34.0. The van der Waals surface area contributed by atoms with E-state index in [-0.39, 0.29) is 12.3 Å². The molecule has 28 heavy (non-hydrogen) atoms. The molecule has 2 rings (SSSR count). The average molecular weight is 384 g/mol. The summed E-state index contributed by atoms with van der Waals surface area (Å²) in [5.74, 6) is -0.328. The second kappa shape index (κ2) is 9.86. The van der Waals surface area contributed by atoms with Crippen LogP contribution in [-0.2, 0) is 20.9 Å². The van der Waals surface area contributed by atoms with E-state index in [0.29, 0.717) is 11.3 Å². The topological polar surface area (TPSA) is 108 Å². The monoisotopic (exact) mass is 384 g/mol. The Morgan fingerprint density at radius 1 is 1.14 bits per heavy atom. The number of ether oxygens (including phenoxy) is 2. The van der Waals surface area contributed by atoms with E-state index >= 15 is 0 Å². The molecule has 0 heterocycles. The standard InChI is InChI=1S/C20H20N2O6/c1-14(20(24)28-13-16-3-8-17(9-4-16)22(25)26)21-19(23)12-7-15-5-10-18(27-2)11-6-15/h3-12,14H,13H2,1-2H3,(H,21,23)/b12-7+. The smallest absolute Gasteiger partial charge is 0.328 e. The van der Waals surface area contributed by atoms with Crippen LogP contribution >= 0.6 is 0 Å². The lowest BCUT2D eigenvalue weighted by molar-refractivity contribution is -0.384. The van der Waals surface area contributed by atoms with Crippen LogP contribution in [0, 0.1) is 10.1 Å². The van der Waals surface area contributed by atoms with Crippen molar-refractivity contribution < 1.29 is 24.0 Å². The van der Waals surface area contributed by atoms with Crippen LogP contribution in [0.15, 0.2) is 54.6 Å². The Bertz CT molecular complexity index is 859. The van der Waals surface area contributed by atoms with Gasteiger partial charge in [0, 0.05) is 18.2 Å². The average Bonchev–Trinajstić information content (AvgIpc) is 2.71. The van der Waals surface area contributed by atoms with Crippen molar-refractivity contribution in [1.82, 2.24) is 5.32 Å². The number of hydrogen-bond acceptors (Lipinski definition) is 6. The molecule has 8 nitrogen and oxygen atoms in total. The van der Waals surface area contributed by atoms with Crippen molar-refractivity contribution in [3.8, 4) is 5.75 Å². The van der Waals surface area contributed by atoms with E-state index in [1.807, 2.05) is 0 Å². The number of nitrogens with zero attached hydrogens (tertiary/aromatic N) is 1. The van der Waals surface area contributed by atoms with Crippen molar-refractivity contribution in [2.24, 2.45) is 0 Å². The number of methoxy groups -OCH3 is 1. The Balaban J connectivity index is 1.81. The molecule has 1 amide bonds. The highest BCUT2D eigenvalue weighted by Gasteiger charge is 2.16. The van der Waals surface area contributed by atoms with Crippen molar-refractivity contribution in [2.45, 2.75) is 19.6 Å². The van der Waals surface area contributed by atoms with Crippen molar-refractivity contribution in [2.75, 3.05) is 7.11 Å². The molecule has 0 aromatic heterocycles. The molecule has 0 radical (unpaired) electrons. The number of hydrogen-bond donors (Lipinski definition) is 1. The van der Waals surface area contributed by atoms with E-state index in [4.69, 9.17) is 9.47 Å². The Morgan fingerprint density at radius 3 is 2.36 bits per heavy atom. The molecule has 1 unspecified atom stereocenters. The van der Waals surface area contributed by atoms with Gasteiger partial charge >= 0.3 is 5.97 Å². The summed E-state index contributed by atoms with van der Waals surface area (Å²) in [6.07, 6.45) is 2.94. The molecule has 0 saturated carbocycles. The Kier molecular flexibility index (Phi) is 7.27. The third kappa shape index (κ3) is 6.24. The van der Waals surface area contributed by atoms with Crippen molar-refractivity contribution in [1.29, 1.82) is 0 Å². The zero-order chi connectivity index (χ0) is 20.5. The van der Waals surface area contributed by atoms with Gasteiger partial charge in [-0.1, -0.05) is 12.1 Å². The largest absolute Gasteiger partial charge is 0.497 e. The number of carbonyl (C=O) groups excluding carboxylic acids is 2. The van der Waals surface area contributed by atoms with E-state index in [0.717, 1.165) is 5.56 Å². The summed E-state index contributed by atoms with van der Waals surface area (Å²) >= 11 is 0. The summed E-state index contributed by atoms with van der Waals surface area (Å²) in [5, 5.41) is 13.1. The maximum Gasteiger partial charge on any atom is 0.328 e. The highest BCUT2D eigenvalue weighted by molar-refractivity contribution is 5.94. The van der Waals surface area contributed by atoms with Gasteiger partial charge in [-0.2, -0.15) is 0 Å². The van der Waals surface area contributed by atoms with Gasteiger partial charge in [0.2, 0.25) is 5.91 Å². The first-order valence-corrected chi connectivity index (χ1v) is 8.41. The predicted molar refractivity (Wildman–Crippen MR) is 103 cm³/mol. The van der Waals surface area contributed by atoms with Crippen LogP contribution in [0.4, 0.5) is 5.69 Å². The summed E-state index contributed by atoms with van der Waals surface area (Å²) in [7, 11) is 1.57. The number of carbonyl (C=O) groups is 2. The van der Waals surface area contributed by atoms with Gasteiger partial charge in [0.15, 0.2) is 0 Å². The van der Waals surface area contributed by atoms with Crippen LogP contribution in [0.3, 0.4) is 0 Å². The number of nitro groups is 1. The molecule has 0 fully saturated rings. The minimum Gasteiger partial charge on any atom is -0.497 e. The maximum atomic E-state index is 12.0. The van der Waals surface area contributed by atoms with Gasteiger partial charge in [0.05, 0.1) is 12.0 Å². The molecule has 0 saturated heterocycles. The third-order valence-corrected chi connectivity index (χ3v) is 3.78. The van der Waals surface area contributed by atoms with E-state index in [1.165, 1.54) is 37.3 Å². The van der Waals surface area contributed by atoms with Crippen molar-refractivity contribution in [3.63, 3.8) is 0 Å². The molecule has 0 bridgehead atoms. The fourth-order valence-corrected chi connectivity index (χ4v) is 2.20. The Morgan fingerprint density at radius 2 is 1.79 bits per heavy atom. The zero-order valence-electron chi connectivity index (χ0n) is 15.5. The van der Waals surface area contributed by atoms with E-state index < -0.39 is 22.8 Å². The molecule has 1 atom stereocenters. The number of nitro benzene ring substituents is 1.